The van der Waals surface area contributed by atoms with Crippen LogP contribution in [0.4, 0.5) is 13.2 Å². The zero-order chi connectivity index (χ0) is 16.3. The van der Waals surface area contributed by atoms with Crippen molar-refractivity contribution in [2.75, 3.05) is 26.8 Å². The van der Waals surface area contributed by atoms with Crippen molar-refractivity contribution in [3.8, 4) is 0 Å². The molecule has 1 aromatic rings. The molecule has 1 N–H and O–H groups in total. The molecular weight excluding hydrogens is 301 g/mol. The summed E-state index contributed by atoms with van der Waals surface area (Å²) in [6.07, 6.45) is 0.0702. The van der Waals surface area contributed by atoms with Crippen molar-refractivity contribution in [2.24, 2.45) is 0 Å². The van der Waals surface area contributed by atoms with Gasteiger partial charge >= 0.3 is 0 Å². The van der Waals surface area contributed by atoms with Crippen LogP contribution in [-0.2, 0) is 9.53 Å². The molecule has 5 nitrogen and oxygen atoms in total. The molecule has 8 heteroatoms. The van der Waals surface area contributed by atoms with E-state index in [-0.39, 0.29) is 18.9 Å². The van der Waals surface area contributed by atoms with Crippen LogP contribution in [0, 0.1) is 17.5 Å². The number of amides is 2. The number of likely N-dealkylation sites (tertiary alicyclic amines) is 1. The molecule has 1 fully saturated rings. The summed E-state index contributed by atoms with van der Waals surface area (Å²) in [6.45, 7) is 1.02. The molecule has 0 aromatic heterocycles. The second kappa shape index (κ2) is 6.78. The highest BCUT2D eigenvalue weighted by molar-refractivity contribution is 5.95. The first-order chi connectivity index (χ1) is 10.4. The van der Waals surface area contributed by atoms with E-state index in [9.17, 15) is 22.8 Å². The van der Waals surface area contributed by atoms with Gasteiger partial charge in [-0.15, -0.1) is 0 Å². The maximum Gasteiger partial charge on any atom is 0.254 e. The first-order valence-electron chi connectivity index (χ1n) is 6.65. The van der Waals surface area contributed by atoms with Crippen LogP contribution in [-0.4, -0.2) is 49.6 Å². The average Bonchev–Trinajstić information content (AvgIpc) is 2.82. The monoisotopic (exact) mass is 316 g/mol. The molecule has 2 rings (SSSR count). The first kappa shape index (κ1) is 16.3. The van der Waals surface area contributed by atoms with E-state index in [0.717, 1.165) is 6.07 Å². The van der Waals surface area contributed by atoms with Gasteiger partial charge in [-0.25, -0.2) is 13.2 Å². The van der Waals surface area contributed by atoms with Crippen LogP contribution in [0.15, 0.2) is 12.1 Å². The van der Waals surface area contributed by atoms with Gasteiger partial charge in [-0.05, 0) is 12.1 Å². The maximum absolute atomic E-state index is 13.5. The molecule has 0 radical (unpaired) electrons. The number of nitrogens with zero attached hydrogens (tertiary/aromatic N) is 1. The molecule has 0 aliphatic carbocycles. The quantitative estimate of drug-likeness (QED) is 0.827. The molecule has 120 valence electrons. The minimum Gasteiger partial charge on any atom is -0.383 e. The molecule has 2 amide bonds. The predicted octanol–water partition coefficient (Wildman–Crippen LogP) is 1.08. The molecule has 1 aromatic carbocycles. The summed E-state index contributed by atoms with van der Waals surface area (Å²) < 4.78 is 44.4. The third-order valence-electron chi connectivity index (χ3n) is 3.39. The zero-order valence-corrected chi connectivity index (χ0v) is 11.9. The number of carbonyl (C=O) groups is 2. The van der Waals surface area contributed by atoms with Gasteiger partial charge in [0.1, 0.15) is 0 Å². The average molecular weight is 316 g/mol. The number of hydrogen-bond acceptors (Lipinski definition) is 3. The molecule has 1 atom stereocenters. The summed E-state index contributed by atoms with van der Waals surface area (Å²) in [7, 11) is 1.51. The van der Waals surface area contributed by atoms with E-state index in [0.29, 0.717) is 19.2 Å². The van der Waals surface area contributed by atoms with Gasteiger partial charge in [0.15, 0.2) is 17.5 Å². The van der Waals surface area contributed by atoms with Crippen LogP contribution in [0.25, 0.3) is 0 Å². The van der Waals surface area contributed by atoms with E-state index in [1.54, 1.807) is 0 Å². The van der Waals surface area contributed by atoms with Crippen LogP contribution in [0.5, 0.6) is 0 Å². The largest absolute Gasteiger partial charge is 0.383 e. The summed E-state index contributed by atoms with van der Waals surface area (Å²) in [5, 5.41) is 2.45. The molecular formula is C14H15F3N2O3. The normalized spacial score (nSPS) is 17.9. The molecule has 0 unspecified atom stereocenters. The number of ether oxygens (including phenoxy) is 1. The molecule has 0 saturated carbocycles. The van der Waals surface area contributed by atoms with Gasteiger partial charge in [0.25, 0.3) is 5.91 Å². The van der Waals surface area contributed by atoms with Gasteiger partial charge < -0.3 is 15.0 Å². The number of hydrogen-bond donors (Lipinski definition) is 1. The molecule has 1 aliphatic heterocycles. The molecule has 0 spiro atoms. The van der Waals surface area contributed by atoms with Gasteiger partial charge in [-0.2, -0.15) is 0 Å². The summed E-state index contributed by atoms with van der Waals surface area (Å²) in [4.78, 5) is 25.1. The van der Waals surface area contributed by atoms with Crippen LogP contribution in [0.2, 0.25) is 0 Å². The van der Waals surface area contributed by atoms with E-state index in [2.05, 4.69) is 5.32 Å². The third kappa shape index (κ3) is 3.38. The minimum absolute atomic E-state index is 0.0702. The Kier molecular flexibility index (Phi) is 5.02. The SMILES string of the molecule is COCCN1C[C@H](NC(=O)c2ccc(F)c(F)c2F)CC1=O. The van der Waals surface area contributed by atoms with Gasteiger partial charge in [-0.3, -0.25) is 9.59 Å². The number of benzene rings is 1. The topological polar surface area (TPSA) is 58.6 Å². The summed E-state index contributed by atoms with van der Waals surface area (Å²) in [6, 6.07) is 1.03. The highest BCUT2D eigenvalue weighted by Gasteiger charge is 2.31. The lowest BCUT2D eigenvalue weighted by Crippen LogP contribution is -2.38. The van der Waals surface area contributed by atoms with Crippen molar-refractivity contribution in [1.29, 1.82) is 0 Å². The maximum atomic E-state index is 13.5. The lowest BCUT2D eigenvalue weighted by Gasteiger charge is -2.16. The van der Waals surface area contributed by atoms with Gasteiger partial charge in [0.05, 0.1) is 18.2 Å². The Morgan fingerprint density at radius 3 is 2.77 bits per heavy atom. The summed E-state index contributed by atoms with van der Waals surface area (Å²) >= 11 is 0. The van der Waals surface area contributed by atoms with Crippen LogP contribution < -0.4 is 5.32 Å². The number of halogens is 3. The summed E-state index contributed by atoms with van der Waals surface area (Å²) in [5.74, 6) is -5.65. The minimum atomic E-state index is -1.70. The van der Waals surface area contributed by atoms with Crippen molar-refractivity contribution in [3.63, 3.8) is 0 Å². The Morgan fingerprint density at radius 1 is 1.36 bits per heavy atom. The molecule has 1 aliphatic rings. The Balaban J connectivity index is 2.01. The highest BCUT2D eigenvalue weighted by Crippen LogP contribution is 2.16. The molecule has 0 bridgehead atoms. The fourth-order valence-corrected chi connectivity index (χ4v) is 2.25. The van der Waals surface area contributed by atoms with Gasteiger partial charge in [-0.1, -0.05) is 0 Å². The van der Waals surface area contributed by atoms with Crippen molar-refractivity contribution in [3.05, 3.63) is 35.1 Å². The predicted molar refractivity (Wildman–Crippen MR) is 70.6 cm³/mol. The van der Waals surface area contributed by atoms with Crippen LogP contribution in [0.1, 0.15) is 16.8 Å². The van der Waals surface area contributed by atoms with Crippen molar-refractivity contribution in [1.82, 2.24) is 10.2 Å². The molecule has 1 heterocycles. The number of nitrogens with one attached hydrogen (secondary N) is 1. The van der Waals surface area contributed by atoms with Crippen molar-refractivity contribution < 1.29 is 27.5 Å². The fraction of sp³-hybridized carbons (Fsp3) is 0.429. The first-order valence-corrected chi connectivity index (χ1v) is 6.65. The Hall–Kier alpha value is -2.09. The fourth-order valence-electron chi connectivity index (χ4n) is 2.25. The molecule has 22 heavy (non-hydrogen) atoms. The van der Waals surface area contributed by atoms with E-state index < -0.39 is 35.0 Å². The lowest BCUT2D eigenvalue weighted by atomic mass is 10.1. The van der Waals surface area contributed by atoms with Crippen LogP contribution >= 0.6 is 0 Å². The second-order valence-corrected chi connectivity index (χ2v) is 4.93. The van der Waals surface area contributed by atoms with Crippen molar-refractivity contribution >= 4 is 11.8 Å². The van der Waals surface area contributed by atoms with E-state index in [1.165, 1.54) is 12.0 Å². The van der Waals surface area contributed by atoms with E-state index in [1.807, 2.05) is 0 Å². The third-order valence-corrected chi connectivity index (χ3v) is 3.39. The molecule has 1 saturated heterocycles. The van der Waals surface area contributed by atoms with Gasteiger partial charge in [0, 0.05) is 26.6 Å². The number of methoxy groups -OCH3 is 1. The lowest BCUT2D eigenvalue weighted by molar-refractivity contribution is -0.128. The van der Waals surface area contributed by atoms with Gasteiger partial charge in [0.2, 0.25) is 5.91 Å². The highest BCUT2D eigenvalue weighted by atomic mass is 19.2. The second-order valence-electron chi connectivity index (χ2n) is 4.93. The number of carbonyl (C=O) groups excluding carboxylic acids is 2. The zero-order valence-electron chi connectivity index (χ0n) is 11.9. The van der Waals surface area contributed by atoms with Crippen molar-refractivity contribution in [2.45, 2.75) is 12.5 Å². The number of rotatable bonds is 5. The van der Waals surface area contributed by atoms with E-state index in [4.69, 9.17) is 4.74 Å². The Labute approximate surface area is 125 Å². The van der Waals surface area contributed by atoms with E-state index >= 15 is 0 Å². The standard InChI is InChI=1S/C14H15F3N2O3/c1-22-5-4-19-7-8(6-11(19)20)18-14(21)9-2-3-10(15)13(17)12(9)16/h2-3,8H,4-7H2,1H3,(H,18,21)/t8-/m1/s1. The smallest absolute Gasteiger partial charge is 0.254 e. The summed E-state index contributed by atoms with van der Waals surface area (Å²) in [5.41, 5.74) is -0.596. The van der Waals surface area contributed by atoms with Crippen LogP contribution in [0.3, 0.4) is 0 Å². The Bertz CT molecular complexity index is 595. The Morgan fingerprint density at radius 2 is 2.09 bits per heavy atom.